The Balaban J connectivity index is 1.26. The van der Waals surface area contributed by atoms with Crippen LogP contribution in [0.15, 0.2) is 95.4 Å². The molecule has 0 radical (unpaired) electrons. The van der Waals surface area contributed by atoms with E-state index in [1.165, 1.54) is 0 Å². The quantitative estimate of drug-likeness (QED) is 0.116. The Morgan fingerprint density at radius 1 is 0.568 bits per heavy atom. The van der Waals surface area contributed by atoms with Crippen molar-refractivity contribution < 1.29 is 32.8 Å². The van der Waals surface area contributed by atoms with Gasteiger partial charge in [-0.1, -0.05) is 42.5 Å². The van der Waals surface area contributed by atoms with Gasteiger partial charge in [-0.3, -0.25) is 0 Å². The first-order valence-electron chi connectivity index (χ1n) is 15.1. The van der Waals surface area contributed by atoms with Gasteiger partial charge in [0.2, 0.25) is 0 Å². The maximum absolute atomic E-state index is 6.95. The molecule has 1 aromatic heterocycles. The minimum Gasteiger partial charge on any atom is -0.491 e. The maximum Gasteiger partial charge on any atom is 0.143 e. The number of furan rings is 1. The average molecular weight is 587 g/mol. The second-order valence-electron chi connectivity index (χ2n) is 11.6. The van der Waals surface area contributed by atoms with Crippen molar-refractivity contribution in [3.05, 3.63) is 91.0 Å². The van der Waals surface area contributed by atoms with E-state index in [4.69, 9.17) is 32.8 Å². The van der Waals surface area contributed by atoms with Gasteiger partial charge in [-0.25, -0.2) is 0 Å². The van der Waals surface area contributed by atoms with Crippen LogP contribution in [0.4, 0.5) is 0 Å². The van der Waals surface area contributed by atoms with Gasteiger partial charge in [0.15, 0.2) is 0 Å². The second-order valence-corrected chi connectivity index (χ2v) is 11.6. The van der Waals surface area contributed by atoms with Crippen LogP contribution in [0.2, 0.25) is 0 Å². The van der Waals surface area contributed by atoms with Crippen LogP contribution in [0.3, 0.4) is 0 Å². The Bertz CT molecular complexity index is 2000. The van der Waals surface area contributed by atoms with Gasteiger partial charge in [0.05, 0.1) is 19.8 Å². The van der Waals surface area contributed by atoms with Crippen LogP contribution in [0, 0.1) is 0 Å². The highest BCUT2D eigenvalue weighted by Crippen LogP contribution is 2.49. The number of benzene rings is 5. The van der Waals surface area contributed by atoms with Crippen molar-refractivity contribution in [2.45, 2.75) is 18.3 Å². The molecule has 5 aromatic carbocycles. The monoisotopic (exact) mass is 586 g/mol. The third-order valence-electron chi connectivity index (χ3n) is 8.41. The summed E-state index contributed by atoms with van der Waals surface area (Å²) in [5.41, 5.74) is 3.75. The Hall–Kier alpha value is -4.56. The molecule has 44 heavy (non-hydrogen) atoms. The molecule has 3 aliphatic rings. The second kappa shape index (κ2) is 10.6. The van der Waals surface area contributed by atoms with E-state index >= 15 is 0 Å². The zero-order valence-corrected chi connectivity index (χ0v) is 24.0. The molecule has 6 aromatic rings. The van der Waals surface area contributed by atoms with Crippen LogP contribution in [0.5, 0.6) is 17.2 Å². The molecule has 9 rings (SSSR count). The molecule has 3 saturated heterocycles. The van der Waals surface area contributed by atoms with Crippen LogP contribution < -0.4 is 14.2 Å². The van der Waals surface area contributed by atoms with Crippen molar-refractivity contribution in [1.29, 1.82) is 0 Å². The first kappa shape index (κ1) is 25.9. The summed E-state index contributed by atoms with van der Waals surface area (Å²) in [6.07, 6.45) is 0.529. The highest BCUT2D eigenvalue weighted by atomic mass is 16.6. The SMILES string of the molecule is c1ccc(-c2c(-c3ccc(OCC4CO4)cc3)oc3c4ccc(OCC5CO5)cc4c4ccccc4c23)c(OCC2CO2)c1. The van der Waals surface area contributed by atoms with Crippen LogP contribution in [0.1, 0.15) is 0 Å². The molecule has 7 heteroatoms. The topological polar surface area (TPSA) is 78.4 Å². The van der Waals surface area contributed by atoms with Crippen LogP contribution in [-0.4, -0.2) is 58.0 Å². The zero-order valence-electron chi connectivity index (χ0n) is 24.0. The van der Waals surface area contributed by atoms with Crippen LogP contribution >= 0.6 is 0 Å². The number of para-hydroxylation sites is 1. The number of rotatable bonds is 11. The molecule has 7 nitrogen and oxygen atoms in total. The number of fused-ring (bicyclic) bond motifs is 6. The van der Waals surface area contributed by atoms with E-state index in [0.29, 0.717) is 19.8 Å². The summed E-state index contributed by atoms with van der Waals surface area (Å²) >= 11 is 0. The van der Waals surface area contributed by atoms with E-state index in [0.717, 1.165) is 92.0 Å². The van der Waals surface area contributed by atoms with E-state index in [2.05, 4.69) is 54.6 Å². The lowest BCUT2D eigenvalue weighted by atomic mass is 9.92. The normalized spacial score (nSPS) is 20.2. The molecule has 0 spiro atoms. The fourth-order valence-electron chi connectivity index (χ4n) is 5.86. The van der Waals surface area contributed by atoms with E-state index in [9.17, 15) is 0 Å². The number of hydrogen-bond donors (Lipinski definition) is 0. The molecule has 0 N–H and O–H groups in total. The summed E-state index contributed by atoms with van der Waals surface area (Å²) in [4.78, 5) is 0. The zero-order chi connectivity index (χ0) is 29.0. The van der Waals surface area contributed by atoms with Crippen molar-refractivity contribution in [1.82, 2.24) is 0 Å². The van der Waals surface area contributed by atoms with Crippen LogP contribution in [-0.2, 0) is 14.2 Å². The Labute approximate surface area is 253 Å². The van der Waals surface area contributed by atoms with Gasteiger partial charge in [0.25, 0.3) is 0 Å². The van der Waals surface area contributed by atoms with Crippen molar-refractivity contribution >= 4 is 32.5 Å². The summed E-state index contributed by atoms with van der Waals surface area (Å²) in [7, 11) is 0. The molecule has 0 aliphatic carbocycles. The van der Waals surface area contributed by atoms with Gasteiger partial charge in [0.1, 0.15) is 66.7 Å². The van der Waals surface area contributed by atoms with Crippen LogP contribution in [0.25, 0.3) is 55.0 Å². The third kappa shape index (κ3) is 4.93. The fourth-order valence-corrected chi connectivity index (χ4v) is 5.86. The minimum absolute atomic E-state index is 0.143. The molecule has 0 bridgehead atoms. The van der Waals surface area contributed by atoms with Gasteiger partial charge in [0, 0.05) is 27.5 Å². The van der Waals surface area contributed by atoms with Crippen molar-refractivity contribution in [2.75, 3.05) is 39.6 Å². The van der Waals surface area contributed by atoms with Crippen molar-refractivity contribution in [3.8, 4) is 39.7 Å². The van der Waals surface area contributed by atoms with Gasteiger partial charge < -0.3 is 32.8 Å². The fraction of sp³-hybridized carbons (Fsp3) is 0.243. The van der Waals surface area contributed by atoms with E-state index in [-0.39, 0.29) is 18.3 Å². The van der Waals surface area contributed by atoms with Gasteiger partial charge in [-0.2, -0.15) is 0 Å². The maximum atomic E-state index is 6.95. The molecule has 3 atom stereocenters. The summed E-state index contributed by atoms with van der Waals surface area (Å²) in [5, 5.41) is 5.39. The van der Waals surface area contributed by atoms with E-state index in [1.54, 1.807) is 0 Å². The number of epoxide rings is 3. The lowest BCUT2D eigenvalue weighted by Gasteiger charge is -2.13. The highest BCUT2D eigenvalue weighted by Gasteiger charge is 2.28. The van der Waals surface area contributed by atoms with Crippen molar-refractivity contribution in [2.24, 2.45) is 0 Å². The predicted molar refractivity (Wildman–Crippen MR) is 168 cm³/mol. The average Bonchev–Trinajstić information content (AvgIpc) is 3.94. The Morgan fingerprint density at radius 3 is 1.91 bits per heavy atom. The summed E-state index contributed by atoms with van der Waals surface area (Å²) in [6.45, 7) is 3.88. The molecular weight excluding hydrogens is 556 g/mol. The van der Waals surface area contributed by atoms with Crippen molar-refractivity contribution in [3.63, 3.8) is 0 Å². The highest BCUT2D eigenvalue weighted by molar-refractivity contribution is 6.28. The first-order chi connectivity index (χ1) is 21.8. The number of hydrogen-bond acceptors (Lipinski definition) is 7. The largest absolute Gasteiger partial charge is 0.491 e. The lowest BCUT2D eigenvalue weighted by Crippen LogP contribution is -2.05. The van der Waals surface area contributed by atoms with Gasteiger partial charge in [-0.15, -0.1) is 0 Å². The summed E-state index contributed by atoms with van der Waals surface area (Å²) in [6, 6.07) is 31.0. The third-order valence-corrected chi connectivity index (χ3v) is 8.41. The molecule has 3 unspecified atom stereocenters. The minimum atomic E-state index is 0.143. The lowest BCUT2D eigenvalue weighted by molar-refractivity contribution is 0.263. The van der Waals surface area contributed by atoms with Gasteiger partial charge in [-0.05, 0) is 64.7 Å². The Kier molecular flexibility index (Phi) is 6.21. The molecular formula is C37H30O7. The smallest absolute Gasteiger partial charge is 0.143 e. The van der Waals surface area contributed by atoms with E-state index < -0.39 is 0 Å². The summed E-state index contributed by atoms with van der Waals surface area (Å²) in [5.74, 6) is 3.19. The summed E-state index contributed by atoms with van der Waals surface area (Å²) < 4.78 is 41.4. The Morgan fingerprint density at radius 2 is 1.18 bits per heavy atom. The number of ether oxygens (including phenoxy) is 6. The molecule has 220 valence electrons. The molecule has 4 heterocycles. The van der Waals surface area contributed by atoms with E-state index in [1.807, 2.05) is 36.4 Å². The molecule has 0 amide bonds. The van der Waals surface area contributed by atoms with Gasteiger partial charge >= 0.3 is 0 Å². The predicted octanol–water partition coefficient (Wildman–Crippen LogP) is 7.41. The molecule has 3 fully saturated rings. The standard InChI is InChI=1S/C37H30O7/c1-2-6-29-28(5-1)32-15-24(39-17-26-19-41-26)13-14-30(32)37-34(29)35(31-7-3-4-8-33(31)43-21-27-20-42-27)36(44-37)22-9-11-23(12-10-22)38-16-25-18-40-25/h1-15,25-27H,16-21H2. The first-order valence-corrected chi connectivity index (χ1v) is 15.1. The molecule has 3 aliphatic heterocycles. The molecule has 0 saturated carbocycles.